The number of aliphatic imine (C=N–C) groups is 1. The number of benzene rings is 1. The predicted molar refractivity (Wildman–Crippen MR) is 129 cm³/mol. The molecule has 1 aromatic rings. The number of hydrogen-bond acceptors (Lipinski definition) is 7. The number of halogens is 2. The molecule has 2 aliphatic heterocycles. The summed E-state index contributed by atoms with van der Waals surface area (Å²) in [6, 6.07) is 1.18. The Morgan fingerprint density at radius 3 is 2.49 bits per heavy atom. The van der Waals surface area contributed by atoms with E-state index in [1.165, 1.54) is 18.0 Å². The maximum absolute atomic E-state index is 14.9. The highest BCUT2D eigenvalue weighted by Crippen LogP contribution is 2.39. The molecule has 1 saturated carbocycles. The number of guanidine groups is 1. The van der Waals surface area contributed by atoms with Crippen molar-refractivity contribution in [2.24, 2.45) is 10.9 Å². The van der Waals surface area contributed by atoms with E-state index in [0.717, 1.165) is 25.0 Å². The Kier molecular flexibility index (Phi) is 7.65. The number of ether oxygens (including phenoxy) is 2. The molecule has 2 heterocycles. The minimum atomic E-state index is -1.15. The van der Waals surface area contributed by atoms with Gasteiger partial charge < -0.3 is 24.4 Å². The van der Waals surface area contributed by atoms with E-state index < -0.39 is 29.4 Å². The molecule has 12 heteroatoms. The van der Waals surface area contributed by atoms with E-state index in [-0.39, 0.29) is 42.3 Å². The lowest BCUT2D eigenvalue weighted by molar-refractivity contribution is -0.141. The van der Waals surface area contributed by atoms with E-state index in [9.17, 15) is 28.3 Å². The average molecular weight is 521 g/mol. The van der Waals surface area contributed by atoms with E-state index >= 15 is 0 Å². The van der Waals surface area contributed by atoms with Gasteiger partial charge in [-0.15, -0.1) is 0 Å². The Bertz CT molecular complexity index is 1110. The van der Waals surface area contributed by atoms with Gasteiger partial charge in [0, 0.05) is 25.8 Å². The van der Waals surface area contributed by atoms with Crippen molar-refractivity contribution < 1.29 is 37.7 Å². The summed E-state index contributed by atoms with van der Waals surface area (Å²) in [5.41, 5.74) is 0.211. The Morgan fingerprint density at radius 1 is 1.27 bits per heavy atom. The first-order valence-corrected chi connectivity index (χ1v) is 12.2. The summed E-state index contributed by atoms with van der Waals surface area (Å²) in [6.45, 7) is 4.37. The number of nitrogens with one attached hydrogen (secondary N) is 1. The molecule has 3 aliphatic rings. The number of aliphatic carboxylic acids is 1. The maximum Gasteiger partial charge on any atom is 0.410 e. The van der Waals surface area contributed by atoms with E-state index in [4.69, 9.17) is 9.47 Å². The van der Waals surface area contributed by atoms with Crippen LogP contribution in [-0.2, 0) is 14.3 Å². The van der Waals surface area contributed by atoms with Gasteiger partial charge in [0.25, 0.3) is 0 Å². The minimum absolute atomic E-state index is 0.0237. The molecule has 4 rings (SSSR count). The molecule has 2 amide bonds. The van der Waals surface area contributed by atoms with Gasteiger partial charge in [-0.25, -0.2) is 23.4 Å². The molecule has 0 bridgehead atoms. The van der Waals surface area contributed by atoms with E-state index in [2.05, 4.69) is 10.3 Å². The number of rotatable bonds is 8. The topological polar surface area (TPSA) is 121 Å². The minimum Gasteiger partial charge on any atom is -0.487 e. The van der Waals surface area contributed by atoms with Gasteiger partial charge in [0.2, 0.25) is 12.4 Å². The molecule has 1 aliphatic carbocycles. The number of amides is 2. The summed E-state index contributed by atoms with van der Waals surface area (Å²) < 4.78 is 40.7. The molecule has 2 N–H and O–H groups in total. The van der Waals surface area contributed by atoms with Crippen molar-refractivity contribution in [1.29, 1.82) is 0 Å². The summed E-state index contributed by atoms with van der Waals surface area (Å²) in [6.07, 6.45) is 4.39. The highest BCUT2D eigenvalue weighted by molar-refractivity contribution is 5.95. The number of carbonyl (C=O) groups is 3. The molecule has 1 unspecified atom stereocenters. The zero-order valence-corrected chi connectivity index (χ0v) is 20.7. The lowest BCUT2D eigenvalue weighted by Crippen LogP contribution is -2.50. The molecular weight excluding hydrogens is 490 g/mol. The number of piperidine rings is 1. The average Bonchev–Trinajstić information content (AvgIpc) is 3.59. The van der Waals surface area contributed by atoms with E-state index in [0.29, 0.717) is 37.9 Å². The Morgan fingerprint density at radius 2 is 1.92 bits per heavy atom. The van der Waals surface area contributed by atoms with Crippen molar-refractivity contribution in [2.75, 3.05) is 26.2 Å². The fraction of sp³-hybridized carbons (Fsp3) is 0.520. The zero-order chi connectivity index (χ0) is 26.7. The van der Waals surface area contributed by atoms with E-state index in [1.54, 1.807) is 4.90 Å². The highest BCUT2D eigenvalue weighted by atomic mass is 19.1. The number of nitrogens with zero attached hydrogens (tertiary/aromatic N) is 3. The molecule has 10 nitrogen and oxygen atoms in total. The van der Waals surface area contributed by atoms with Crippen molar-refractivity contribution in [3.05, 3.63) is 35.5 Å². The first-order valence-electron chi connectivity index (χ1n) is 12.2. The Hall–Kier alpha value is -3.70. The van der Waals surface area contributed by atoms with Crippen LogP contribution in [0.15, 0.2) is 23.3 Å². The summed E-state index contributed by atoms with van der Waals surface area (Å²) in [7, 11) is 0. The van der Waals surface area contributed by atoms with Crippen LogP contribution in [0, 0.1) is 17.6 Å². The van der Waals surface area contributed by atoms with Gasteiger partial charge in [0.1, 0.15) is 11.6 Å². The number of likely N-dealkylation sites (tertiary alicyclic amines) is 1. The first kappa shape index (κ1) is 26.4. The lowest BCUT2D eigenvalue weighted by atomic mass is 9.98. The number of carbonyl (C=O) groups excluding carboxylic acids is 2. The van der Waals surface area contributed by atoms with Crippen LogP contribution in [-0.4, -0.2) is 77.2 Å². The van der Waals surface area contributed by atoms with Crippen LogP contribution in [0.3, 0.4) is 0 Å². The second-order valence-corrected chi connectivity index (χ2v) is 9.84. The van der Waals surface area contributed by atoms with Crippen LogP contribution in [0.25, 0.3) is 5.57 Å². The normalized spacial score (nSPS) is 19.9. The summed E-state index contributed by atoms with van der Waals surface area (Å²) >= 11 is 0. The molecule has 37 heavy (non-hydrogen) atoms. The van der Waals surface area contributed by atoms with Crippen LogP contribution in [0.1, 0.15) is 45.1 Å². The van der Waals surface area contributed by atoms with Gasteiger partial charge in [0.05, 0.1) is 6.61 Å². The monoisotopic (exact) mass is 520 g/mol. The van der Waals surface area contributed by atoms with Gasteiger partial charge in [-0.1, -0.05) is 0 Å². The molecule has 0 aromatic heterocycles. The quantitative estimate of drug-likeness (QED) is 0.506. The van der Waals surface area contributed by atoms with Crippen LogP contribution >= 0.6 is 0 Å². The van der Waals surface area contributed by atoms with Crippen LogP contribution in [0.5, 0.6) is 5.75 Å². The van der Waals surface area contributed by atoms with Crippen molar-refractivity contribution in [1.82, 2.24) is 15.1 Å². The Balaban J connectivity index is 1.37. The molecule has 2 fully saturated rings. The van der Waals surface area contributed by atoms with Crippen molar-refractivity contribution in [3.8, 4) is 5.75 Å². The third kappa shape index (κ3) is 6.17. The van der Waals surface area contributed by atoms with Gasteiger partial charge in [-0.05, 0) is 68.7 Å². The molecular formula is C25H30F2N4O6. The molecule has 200 valence electrons. The van der Waals surface area contributed by atoms with Gasteiger partial charge in [0.15, 0.2) is 17.4 Å². The molecule has 0 spiro atoms. The zero-order valence-electron chi connectivity index (χ0n) is 20.7. The summed E-state index contributed by atoms with van der Waals surface area (Å²) in [5.74, 6) is -3.38. The first-order chi connectivity index (χ1) is 17.6. The Labute approximate surface area is 212 Å². The van der Waals surface area contributed by atoms with Gasteiger partial charge in [-0.2, -0.15) is 0 Å². The van der Waals surface area contributed by atoms with Crippen molar-refractivity contribution in [2.45, 2.75) is 51.2 Å². The second kappa shape index (κ2) is 10.7. The lowest BCUT2D eigenvalue weighted by Gasteiger charge is -2.32. The largest absolute Gasteiger partial charge is 0.487 e. The van der Waals surface area contributed by atoms with E-state index in [1.807, 2.05) is 6.92 Å². The summed E-state index contributed by atoms with van der Waals surface area (Å²) in [5, 5.41) is 11.7. The van der Waals surface area contributed by atoms with Crippen molar-refractivity contribution in [3.63, 3.8) is 0 Å². The highest BCUT2D eigenvalue weighted by Gasteiger charge is 2.43. The van der Waals surface area contributed by atoms with Crippen LogP contribution in [0.4, 0.5) is 13.6 Å². The second-order valence-electron chi connectivity index (χ2n) is 9.84. The van der Waals surface area contributed by atoms with Crippen molar-refractivity contribution >= 4 is 30.0 Å². The molecule has 1 atom stereocenters. The molecule has 1 aromatic carbocycles. The maximum atomic E-state index is 14.9. The van der Waals surface area contributed by atoms with Gasteiger partial charge >= 0.3 is 12.1 Å². The summed E-state index contributed by atoms with van der Waals surface area (Å²) in [4.78, 5) is 41.5. The smallest absolute Gasteiger partial charge is 0.410 e. The SMILES string of the molecule is CC(C(=O)O)N1CC(c2cc(F)c(OCC3CCN(C(=O)OC4(C)CC4)CC3)c(F)c2)=CN=C1NC=O. The number of hydrogen-bond donors (Lipinski definition) is 2. The molecule has 1 saturated heterocycles. The van der Waals surface area contributed by atoms with Crippen LogP contribution in [0.2, 0.25) is 0 Å². The molecule has 0 radical (unpaired) electrons. The predicted octanol–water partition coefficient (Wildman–Crippen LogP) is 2.98. The third-order valence-electron chi connectivity index (χ3n) is 6.96. The third-order valence-corrected chi connectivity index (χ3v) is 6.96. The van der Waals surface area contributed by atoms with Gasteiger partial charge in [-0.3, -0.25) is 10.1 Å². The van der Waals surface area contributed by atoms with Crippen LogP contribution < -0.4 is 10.1 Å². The fourth-order valence-corrected chi connectivity index (χ4v) is 4.22. The number of carboxylic acid groups (broad SMARTS) is 1. The fourth-order valence-electron chi connectivity index (χ4n) is 4.22. The standard InChI is InChI=1S/C25H30F2N4O6/c1-15(22(33)34)31-12-18(11-28-23(31)29-14-32)17-9-19(26)21(20(27)10-17)36-13-16-3-7-30(8-4-16)24(35)37-25(2)5-6-25/h9-11,14-16H,3-8,12-13H2,1-2H3,(H,33,34)(H,28,29,32). The number of carboxylic acids is 1.